The van der Waals surface area contributed by atoms with Gasteiger partial charge in [0.05, 0.1) is 0 Å². The zero-order valence-corrected chi connectivity index (χ0v) is 13.1. The molecule has 0 aliphatic carbocycles. The highest BCUT2D eigenvalue weighted by Crippen LogP contribution is 2.25. The highest BCUT2D eigenvalue weighted by atomic mass is 16.3. The normalized spacial score (nSPS) is 13.1. The molecule has 1 rings (SSSR count). The number of aliphatic hydroxyl groups is 1. The van der Waals surface area contributed by atoms with E-state index in [2.05, 4.69) is 26.1 Å². The van der Waals surface area contributed by atoms with Crippen molar-refractivity contribution < 1.29 is 9.90 Å². The lowest BCUT2D eigenvalue weighted by Gasteiger charge is -2.22. The van der Waals surface area contributed by atoms with Crippen LogP contribution in [0.4, 0.5) is 0 Å². The van der Waals surface area contributed by atoms with Crippen molar-refractivity contribution >= 4 is 5.91 Å². The van der Waals surface area contributed by atoms with Gasteiger partial charge in [-0.2, -0.15) is 0 Å². The summed E-state index contributed by atoms with van der Waals surface area (Å²) in [7, 11) is 0. The van der Waals surface area contributed by atoms with Crippen LogP contribution < -0.4 is 5.32 Å². The average Bonchev–Trinajstić information content (AvgIpc) is 2.42. The van der Waals surface area contributed by atoms with Crippen molar-refractivity contribution in [1.29, 1.82) is 0 Å². The average molecular weight is 277 g/mol. The van der Waals surface area contributed by atoms with E-state index in [-0.39, 0.29) is 17.9 Å². The molecule has 0 bridgehead atoms. The van der Waals surface area contributed by atoms with Crippen molar-refractivity contribution in [1.82, 2.24) is 5.32 Å². The fraction of sp³-hybridized carbons (Fsp3) is 0.588. The maximum Gasteiger partial charge on any atom is 0.251 e. The van der Waals surface area contributed by atoms with Gasteiger partial charge in [0.15, 0.2) is 0 Å². The van der Waals surface area contributed by atoms with Crippen LogP contribution in [0, 0.1) is 5.92 Å². The van der Waals surface area contributed by atoms with E-state index in [4.69, 9.17) is 5.11 Å². The van der Waals surface area contributed by atoms with Crippen molar-refractivity contribution in [2.45, 2.75) is 46.0 Å². The maximum atomic E-state index is 12.3. The number of carbonyl (C=O) groups is 1. The smallest absolute Gasteiger partial charge is 0.251 e. The molecule has 1 atom stereocenters. The monoisotopic (exact) mass is 277 g/mol. The summed E-state index contributed by atoms with van der Waals surface area (Å²) >= 11 is 0. The molecule has 0 aliphatic rings. The summed E-state index contributed by atoms with van der Waals surface area (Å²) < 4.78 is 0. The van der Waals surface area contributed by atoms with E-state index in [0.717, 1.165) is 24.0 Å². The van der Waals surface area contributed by atoms with Gasteiger partial charge in [-0.25, -0.2) is 0 Å². The number of amides is 1. The molecule has 0 radical (unpaired) electrons. The van der Waals surface area contributed by atoms with E-state index in [1.165, 1.54) is 0 Å². The van der Waals surface area contributed by atoms with Gasteiger partial charge in [-0.3, -0.25) is 4.79 Å². The molecule has 3 nitrogen and oxygen atoms in total. The van der Waals surface area contributed by atoms with Crippen molar-refractivity contribution in [3.63, 3.8) is 0 Å². The van der Waals surface area contributed by atoms with Gasteiger partial charge in [-0.15, -0.1) is 0 Å². The van der Waals surface area contributed by atoms with Gasteiger partial charge in [-0.1, -0.05) is 45.9 Å². The Labute approximate surface area is 122 Å². The summed E-state index contributed by atoms with van der Waals surface area (Å²) in [6.07, 6.45) is 1.82. The molecule has 112 valence electrons. The van der Waals surface area contributed by atoms with Gasteiger partial charge in [0.2, 0.25) is 0 Å². The first-order chi connectivity index (χ1) is 9.36. The molecule has 0 spiro atoms. The summed E-state index contributed by atoms with van der Waals surface area (Å²) in [5.74, 6) is 0.293. The van der Waals surface area contributed by atoms with E-state index in [1.54, 1.807) is 0 Å². The quantitative estimate of drug-likeness (QED) is 0.785. The number of hydrogen-bond donors (Lipinski definition) is 2. The van der Waals surface area contributed by atoms with E-state index < -0.39 is 0 Å². The van der Waals surface area contributed by atoms with Gasteiger partial charge in [0.25, 0.3) is 5.91 Å². The van der Waals surface area contributed by atoms with E-state index >= 15 is 0 Å². The standard InChI is InChI=1S/C17H27NO2/c1-13(12-19)8-7-11-18-16(20)14-9-5-6-10-15(14)17(2,3)4/h5-6,9-10,13,19H,7-8,11-12H2,1-4H3,(H,18,20). The lowest BCUT2D eigenvalue weighted by Crippen LogP contribution is -2.28. The molecule has 1 amide bonds. The van der Waals surface area contributed by atoms with Crippen molar-refractivity contribution in [2.75, 3.05) is 13.2 Å². The first-order valence-corrected chi connectivity index (χ1v) is 7.35. The summed E-state index contributed by atoms with van der Waals surface area (Å²) in [6, 6.07) is 7.77. The first kappa shape index (κ1) is 16.7. The Morgan fingerprint density at radius 2 is 1.95 bits per heavy atom. The Morgan fingerprint density at radius 3 is 2.55 bits per heavy atom. The lowest BCUT2D eigenvalue weighted by atomic mass is 9.83. The summed E-state index contributed by atoms with van der Waals surface area (Å²) in [5.41, 5.74) is 1.79. The number of aliphatic hydroxyl groups excluding tert-OH is 1. The minimum atomic E-state index is -0.0423. The molecule has 20 heavy (non-hydrogen) atoms. The van der Waals surface area contributed by atoms with E-state index in [1.807, 2.05) is 31.2 Å². The van der Waals surface area contributed by atoms with Gasteiger partial charge in [0, 0.05) is 18.7 Å². The zero-order chi connectivity index (χ0) is 15.2. The predicted molar refractivity (Wildman–Crippen MR) is 83.0 cm³/mol. The Balaban J connectivity index is 2.60. The van der Waals surface area contributed by atoms with Crippen LogP contribution in [0.1, 0.15) is 56.5 Å². The van der Waals surface area contributed by atoms with Gasteiger partial charge in [-0.05, 0) is 35.8 Å². The third kappa shape index (κ3) is 4.97. The number of rotatable bonds is 6. The van der Waals surface area contributed by atoms with Crippen molar-refractivity contribution in [3.8, 4) is 0 Å². The van der Waals surface area contributed by atoms with Crippen LogP contribution in [0.25, 0.3) is 0 Å². The summed E-state index contributed by atoms with van der Waals surface area (Å²) in [6.45, 7) is 9.21. The van der Waals surface area contributed by atoms with Gasteiger partial charge < -0.3 is 10.4 Å². The molecule has 0 fully saturated rings. The maximum absolute atomic E-state index is 12.3. The molecule has 1 aromatic rings. The molecule has 0 saturated heterocycles. The van der Waals surface area contributed by atoms with E-state index in [0.29, 0.717) is 12.5 Å². The minimum absolute atomic E-state index is 0.00724. The molecule has 0 saturated carbocycles. The molecule has 0 heterocycles. The Kier molecular flexibility index (Phi) is 6.21. The van der Waals surface area contributed by atoms with Crippen molar-refractivity contribution in [3.05, 3.63) is 35.4 Å². The van der Waals surface area contributed by atoms with E-state index in [9.17, 15) is 4.79 Å². The second-order valence-electron chi connectivity index (χ2n) is 6.48. The van der Waals surface area contributed by atoms with Crippen molar-refractivity contribution in [2.24, 2.45) is 5.92 Å². The number of nitrogens with one attached hydrogen (secondary N) is 1. The zero-order valence-electron chi connectivity index (χ0n) is 13.1. The van der Waals surface area contributed by atoms with Crippen LogP contribution in [0.2, 0.25) is 0 Å². The second-order valence-corrected chi connectivity index (χ2v) is 6.48. The lowest BCUT2D eigenvalue weighted by molar-refractivity contribution is 0.0950. The Hall–Kier alpha value is -1.35. The van der Waals surface area contributed by atoms with Crippen LogP contribution >= 0.6 is 0 Å². The molecule has 2 N–H and O–H groups in total. The summed E-state index contributed by atoms with van der Waals surface area (Å²) in [5, 5.41) is 11.9. The Morgan fingerprint density at radius 1 is 1.30 bits per heavy atom. The minimum Gasteiger partial charge on any atom is -0.396 e. The van der Waals surface area contributed by atoms with Crippen LogP contribution in [-0.2, 0) is 5.41 Å². The van der Waals surface area contributed by atoms with Gasteiger partial charge in [0.1, 0.15) is 0 Å². The second kappa shape index (κ2) is 7.44. The van der Waals surface area contributed by atoms with Crippen LogP contribution in [-0.4, -0.2) is 24.2 Å². The SMILES string of the molecule is CC(CO)CCCNC(=O)c1ccccc1C(C)(C)C. The number of benzene rings is 1. The Bertz CT molecular complexity index is 435. The van der Waals surface area contributed by atoms with Gasteiger partial charge >= 0.3 is 0 Å². The highest BCUT2D eigenvalue weighted by molar-refractivity contribution is 5.96. The van der Waals surface area contributed by atoms with Crippen LogP contribution in [0.5, 0.6) is 0 Å². The highest BCUT2D eigenvalue weighted by Gasteiger charge is 2.20. The number of carbonyl (C=O) groups excluding carboxylic acids is 1. The molecule has 0 aromatic heterocycles. The fourth-order valence-electron chi connectivity index (χ4n) is 2.17. The third-order valence-electron chi connectivity index (χ3n) is 3.45. The molecule has 3 heteroatoms. The molecular weight excluding hydrogens is 250 g/mol. The topological polar surface area (TPSA) is 49.3 Å². The predicted octanol–water partition coefficient (Wildman–Crippen LogP) is 3.12. The first-order valence-electron chi connectivity index (χ1n) is 7.35. The molecule has 0 aliphatic heterocycles. The fourth-order valence-corrected chi connectivity index (χ4v) is 2.17. The summed E-state index contributed by atoms with van der Waals surface area (Å²) in [4.78, 5) is 12.3. The number of hydrogen-bond acceptors (Lipinski definition) is 2. The molecule has 1 unspecified atom stereocenters. The third-order valence-corrected chi connectivity index (χ3v) is 3.45. The largest absolute Gasteiger partial charge is 0.396 e. The molecule has 1 aromatic carbocycles. The van der Waals surface area contributed by atoms with Crippen LogP contribution in [0.3, 0.4) is 0 Å². The van der Waals surface area contributed by atoms with Crippen LogP contribution in [0.15, 0.2) is 24.3 Å². The molecular formula is C17H27NO2.